The van der Waals surface area contributed by atoms with Crippen molar-refractivity contribution in [2.45, 2.75) is 25.9 Å². The van der Waals surface area contributed by atoms with Crippen molar-refractivity contribution in [2.24, 2.45) is 4.99 Å². The third kappa shape index (κ3) is 7.02. The molecule has 168 valence electrons. The Bertz CT molecular complexity index is 891. The maximum atomic E-state index is 12.8. The van der Waals surface area contributed by atoms with Crippen LogP contribution in [0.1, 0.15) is 18.9 Å². The Labute approximate surface area is 201 Å². The fourth-order valence-corrected chi connectivity index (χ4v) is 3.46. The summed E-state index contributed by atoms with van der Waals surface area (Å²) in [7, 11) is 3.31. The average Bonchev–Trinajstić information content (AvgIpc) is 2.78. The second-order valence-electron chi connectivity index (χ2n) is 7.19. The molecule has 7 nitrogen and oxygen atoms in total. The van der Waals surface area contributed by atoms with Crippen LogP contribution in [0.3, 0.4) is 0 Å². The molecule has 0 radical (unpaired) electrons. The van der Waals surface area contributed by atoms with Crippen molar-refractivity contribution < 1.29 is 14.3 Å². The number of anilines is 1. The summed E-state index contributed by atoms with van der Waals surface area (Å²) in [5, 5.41) is 6.31. The van der Waals surface area contributed by atoms with Crippen LogP contribution in [0.15, 0.2) is 53.5 Å². The van der Waals surface area contributed by atoms with Crippen LogP contribution in [-0.2, 0) is 11.2 Å². The first-order valence-corrected chi connectivity index (χ1v) is 10.2. The van der Waals surface area contributed by atoms with Crippen molar-refractivity contribution >= 4 is 41.5 Å². The molecule has 0 saturated heterocycles. The summed E-state index contributed by atoms with van der Waals surface area (Å²) in [6.45, 7) is 3.43. The minimum atomic E-state index is -0.0969. The maximum absolute atomic E-state index is 12.8. The SMILES string of the molecule is CN=C(NCC(=O)N1CCCc2ccccc21)NCC(C)Oc1cccc(OC)c1.I. The molecule has 0 aromatic heterocycles. The number of carbonyl (C=O) groups excluding carboxylic acids is 1. The van der Waals surface area contributed by atoms with Crippen LogP contribution in [0.5, 0.6) is 11.5 Å². The Hall–Kier alpha value is -2.49. The Balaban J connectivity index is 0.00000341. The van der Waals surface area contributed by atoms with E-state index in [4.69, 9.17) is 9.47 Å². The number of ether oxygens (including phenoxy) is 2. The highest BCUT2D eigenvalue weighted by molar-refractivity contribution is 14.0. The van der Waals surface area contributed by atoms with E-state index in [1.54, 1.807) is 14.2 Å². The average molecular weight is 538 g/mol. The Morgan fingerprint density at radius 2 is 1.94 bits per heavy atom. The second-order valence-corrected chi connectivity index (χ2v) is 7.19. The molecule has 1 amide bonds. The topological polar surface area (TPSA) is 75.2 Å². The fourth-order valence-electron chi connectivity index (χ4n) is 3.46. The van der Waals surface area contributed by atoms with Gasteiger partial charge in [-0.3, -0.25) is 9.79 Å². The number of hydrogen-bond donors (Lipinski definition) is 2. The van der Waals surface area contributed by atoms with Crippen molar-refractivity contribution in [3.8, 4) is 11.5 Å². The summed E-state index contributed by atoms with van der Waals surface area (Å²) in [5.41, 5.74) is 2.24. The van der Waals surface area contributed by atoms with Crippen LogP contribution in [0, 0.1) is 0 Å². The number of nitrogens with one attached hydrogen (secondary N) is 2. The Morgan fingerprint density at radius 3 is 2.71 bits per heavy atom. The molecule has 0 bridgehead atoms. The van der Waals surface area contributed by atoms with Crippen molar-refractivity contribution in [3.05, 3.63) is 54.1 Å². The zero-order chi connectivity index (χ0) is 21.3. The fraction of sp³-hybridized carbons (Fsp3) is 0.391. The number of fused-ring (bicyclic) bond motifs is 1. The smallest absolute Gasteiger partial charge is 0.246 e. The monoisotopic (exact) mass is 538 g/mol. The van der Waals surface area contributed by atoms with E-state index in [-0.39, 0.29) is 42.5 Å². The zero-order valence-corrected chi connectivity index (χ0v) is 20.6. The molecule has 2 N–H and O–H groups in total. The van der Waals surface area contributed by atoms with E-state index in [1.807, 2.05) is 54.3 Å². The standard InChI is InChI=1S/C23H30N4O3.HI/c1-17(30-20-11-6-10-19(14-20)29-3)15-25-23(24-2)26-16-22(28)27-13-7-9-18-8-4-5-12-21(18)27;/h4-6,8,10-12,14,17H,7,9,13,15-16H2,1-3H3,(H2,24,25,26);1H. The number of para-hydroxylation sites is 1. The number of amides is 1. The first-order valence-electron chi connectivity index (χ1n) is 10.2. The third-order valence-corrected chi connectivity index (χ3v) is 4.98. The number of halogens is 1. The lowest BCUT2D eigenvalue weighted by Gasteiger charge is -2.29. The van der Waals surface area contributed by atoms with Gasteiger partial charge in [-0.15, -0.1) is 24.0 Å². The minimum absolute atomic E-state index is 0. The highest BCUT2D eigenvalue weighted by Gasteiger charge is 2.22. The lowest BCUT2D eigenvalue weighted by Crippen LogP contribution is -2.47. The molecule has 2 aromatic carbocycles. The predicted octanol–water partition coefficient (Wildman–Crippen LogP) is 3.22. The third-order valence-electron chi connectivity index (χ3n) is 4.98. The van der Waals surface area contributed by atoms with E-state index in [1.165, 1.54) is 5.56 Å². The second kappa shape index (κ2) is 12.4. The number of aryl methyl sites for hydroxylation is 1. The zero-order valence-electron chi connectivity index (χ0n) is 18.3. The number of benzene rings is 2. The number of nitrogens with zero attached hydrogens (tertiary/aromatic N) is 2. The number of guanidine groups is 1. The van der Waals surface area contributed by atoms with Crippen LogP contribution in [0.25, 0.3) is 0 Å². The van der Waals surface area contributed by atoms with E-state index in [2.05, 4.69) is 21.7 Å². The number of aliphatic imine (C=N–C) groups is 1. The lowest BCUT2D eigenvalue weighted by atomic mass is 10.0. The summed E-state index contributed by atoms with van der Waals surface area (Å²) in [6, 6.07) is 15.6. The maximum Gasteiger partial charge on any atom is 0.246 e. The first kappa shape index (κ1) is 24.8. The molecule has 1 heterocycles. The Kier molecular flexibility index (Phi) is 9.90. The van der Waals surface area contributed by atoms with Gasteiger partial charge in [-0.25, -0.2) is 0 Å². The van der Waals surface area contributed by atoms with Gasteiger partial charge in [0.1, 0.15) is 17.6 Å². The van der Waals surface area contributed by atoms with Gasteiger partial charge in [0.25, 0.3) is 0 Å². The molecule has 8 heteroatoms. The van der Waals surface area contributed by atoms with Gasteiger partial charge < -0.3 is 25.0 Å². The van der Waals surface area contributed by atoms with E-state index < -0.39 is 0 Å². The quantitative estimate of drug-likeness (QED) is 0.322. The highest BCUT2D eigenvalue weighted by Crippen LogP contribution is 2.26. The van der Waals surface area contributed by atoms with Crippen molar-refractivity contribution in [1.82, 2.24) is 10.6 Å². The molecule has 3 rings (SSSR count). The van der Waals surface area contributed by atoms with Gasteiger partial charge in [0.15, 0.2) is 5.96 Å². The molecule has 31 heavy (non-hydrogen) atoms. The van der Waals surface area contributed by atoms with Gasteiger partial charge >= 0.3 is 0 Å². The summed E-state index contributed by atoms with van der Waals surface area (Å²) in [6.07, 6.45) is 1.90. The number of hydrogen-bond acceptors (Lipinski definition) is 4. The van der Waals surface area contributed by atoms with Crippen molar-refractivity contribution in [2.75, 3.05) is 38.7 Å². The molecule has 0 spiro atoms. The number of carbonyl (C=O) groups is 1. The van der Waals surface area contributed by atoms with Crippen molar-refractivity contribution in [3.63, 3.8) is 0 Å². The minimum Gasteiger partial charge on any atom is -0.497 e. The highest BCUT2D eigenvalue weighted by atomic mass is 127. The van der Waals surface area contributed by atoms with Crippen LogP contribution >= 0.6 is 24.0 Å². The number of methoxy groups -OCH3 is 1. The molecule has 1 aliphatic rings. The van der Waals surface area contributed by atoms with E-state index >= 15 is 0 Å². The first-order chi connectivity index (χ1) is 14.6. The van der Waals surface area contributed by atoms with Gasteiger partial charge in [0, 0.05) is 25.3 Å². The molecule has 1 atom stereocenters. The van der Waals surface area contributed by atoms with E-state index in [9.17, 15) is 4.79 Å². The van der Waals surface area contributed by atoms with Crippen molar-refractivity contribution in [1.29, 1.82) is 0 Å². The van der Waals surface area contributed by atoms with Gasteiger partial charge in [-0.1, -0.05) is 24.3 Å². The van der Waals surface area contributed by atoms with Crippen LogP contribution < -0.4 is 25.0 Å². The van der Waals surface area contributed by atoms with Crippen LogP contribution in [0.4, 0.5) is 5.69 Å². The van der Waals surface area contributed by atoms with E-state index in [0.717, 1.165) is 36.6 Å². The van der Waals surface area contributed by atoms with Crippen LogP contribution in [-0.4, -0.2) is 51.8 Å². The molecule has 1 unspecified atom stereocenters. The summed E-state index contributed by atoms with van der Waals surface area (Å²) in [4.78, 5) is 18.8. The molecule has 0 aliphatic carbocycles. The van der Waals surface area contributed by atoms with E-state index in [0.29, 0.717) is 12.5 Å². The molecule has 2 aromatic rings. The summed E-state index contributed by atoms with van der Waals surface area (Å²) >= 11 is 0. The summed E-state index contributed by atoms with van der Waals surface area (Å²) in [5.74, 6) is 2.09. The molecular weight excluding hydrogens is 507 g/mol. The largest absolute Gasteiger partial charge is 0.497 e. The Morgan fingerprint density at radius 1 is 1.16 bits per heavy atom. The van der Waals surface area contributed by atoms with Gasteiger partial charge in [0.2, 0.25) is 5.91 Å². The predicted molar refractivity (Wildman–Crippen MR) is 135 cm³/mol. The number of rotatable bonds is 7. The van der Waals surface area contributed by atoms with Crippen LogP contribution in [0.2, 0.25) is 0 Å². The van der Waals surface area contributed by atoms with Gasteiger partial charge in [0.05, 0.1) is 20.2 Å². The molecule has 0 saturated carbocycles. The molecule has 0 fully saturated rings. The molecular formula is C23H31IN4O3. The lowest BCUT2D eigenvalue weighted by molar-refractivity contribution is -0.117. The van der Waals surface area contributed by atoms with Gasteiger partial charge in [-0.05, 0) is 43.5 Å². The normalized spacial score (nSPS) is 14.0. The molecule has 1 aliphatic heterocycles. The van der Waals surface area contributed by atoms with Gasteiger partial charge in [-0.2, -0.15) is 0 Å². The summed E-state index contributed by atoms with van der Waals surface area (Å²) < 4.78 is 11.1.